The summed E-state index contributed by atoms with van der Waals surface area (Å²) in [6.07, 6.45) is 0.556. The Balaban J connectivity index is -0.0000000910. The number of Topliss-reactive ketones (excluding diaryl/α,β-unsaturated/α-hetero) is 1. The van der Waals surface area contributed by atoms with Crippen molar-refractivity contribution < 1.29 is 48.7 Å². The van der Waals surface area contributed by atoms with Crippen molar-refractivity contribution in [2.24, 2.45) is 0 Å². The maximum atomic E-state index is 9.70. The van der Waals surface area contributed by atoms with Crippen LogP contribution < -0.4 is 29.6 Å². The molecule has 0 rings (SSSR count). The van der Waals surface area contributed by atoms with Crippen LogP contribution in [-0.4, -0.2) is 15.6 Å². The fourth-order valence-electron chi connectivity index (χ4n) is 0. The molecule has 0 spiro atoms. The monoisotopic (exact) mass is 175 g/mol. The van der Waals surface area contributed by atoms with E-state index in [0.717, 1.165) is 0 Å². The fourth-order valence-corrected chi connectivity index (χ4v) is 0. The molecule has 10 heavy (non-hydrogen) atoms. The van der Waals surface area contributed by atoms with Crippen LogP contribution in [0, 0.1) is 6.92 Å². The molecule has 0 unspecified atom stereocenters. The summed E-state index contributed by atoms with van der Waals surface area (Å²) in [4.78, 5) is 23.9. The van der Waals surface area contributed by atoms with Crippen molar-refractivity contribution in [2.75, 3.05) is 0 Å². The molecule has 0 saturated carbocycles. The van der Waals surface area contributed by atoms with Crippen molar-refractivity contribution in [2.45, 2.75) is 13.3 Å². The van der Waals surface area contributed by atoms with Gasteiger partial charge < -0.3 is 11.7 Å². The second kappa shape index (κ2) is 12.3. The van der Waals surface area contributed by atoms with Gasteiger partial charge in [0.25, 0.3) is 0 Å². The molecule has 6 heteroatoms. The predicted octanol–water partition coefficient (Wildman–Crippen LogP) is -2.57. The molecule has 0 aliphatic rings. The fraction of sp³-hybridized carbons (Fsp3) is 0.500. The molecular formula is C4H9NaO4P+. The van der Waals surface area contributed by atoms with Gasteiger partial charge in [-0.25, -0.2) is 0 Å². The normalized spacial score (nSPS) is 6.30. The van der Waals surface area contributed by atoms with Crippen LogP contribution in [0.4, 0.5) is 0 Å². The van der Waals surface area contributed by atoms with E-state index in [-0.39, 0.29) is 35.3 Å². The second-order valence-corrected chi connectivity index (χ2v) is 1.65. The number of carbonyl (C=O) groups is 1. The maximum Gasteiger partial charge on any atom is 1.00 e. The maximum absolute atomic E-state index is 9.70. The minimum Gasteiger partial charge on any atom is -0.339 e. The summed E-state index contributed by atoms with van der Waals surface area (Å²) < 4.78 is 8.70. The first-order valence-electron chi connectivity index (χ1n) is 2.20. The third-order valence-electron chi connectivity index (χ3n) is 0.394. The molecule has 2 N–H and O–H groups in total. The first kappa shape index (κ1) is 16.9. The van der Waals surface area contributed by atoms with Gasteiger partial charge in [-0.05, 0) is 12.2 Å². The first-order valence-corrected chi connectivity index (χ1v) is 3.37. The Kier molecular flexibility index (Phi) is 20.7. The standard InChI is InChI=1S/C4H7O.Na.HO3P/c1-3-4(2)5;;1-4(2)3/h2-3H2,1H3;;(H-,1,2,3)/q-1;+1;/p+1. The number of carbonyl (C=O) groups excluding carboxylic acids is 1. The molecule has 0 bridgehead atoms. The molecule has 0 radical (unpaired) electrons. The topological polar surface area (TPSA) is 74.6 Å². The Morgan fingerprint density at radius 3 is 1.70 bits per heavy atom. The van der Waals surface area contributed by atoms with E-state index in [2.05, 4.69) is 6.92 Å². The van der Waals surface area contributed by atoms with Gasteiger partial charge >= 0.3 is 37.8 Å². The third kappa shape index (κ3) is 74.7. The summed E-state index contributed by atoms with van der Waals surface area (Å²) in [7, 11) is -2.87. The van der Waals surface area contributed by atoms with Gasteiger partial charge in [-0.15, -0.1) is 9.79 Å². The molecular weight excluding hydrogens is 166 g/mol. The molecule has 0 amide bonds. The Hall–Kier alpha value is 0.560. The SMILES string of the molecule is O=[P+](O)O.[CH2-]C(=O)CC.[Na+]. The molecule has 0 aliphatic carbocycles. The van der Waals surface area contributed by atoms with Crippen LogP contribution >= 0.6 is 8.25 Å². The van der Waals surface area contributed by atoms with Crippen LogP contribution in [0.25, 0.3) is 0 Å². The Bertz CT molecular complexity index is 101. The first-order chi connectivity index (χ1) is 4.00. The average molecular weight is 175 g/mol. The minimum absolute atomic E-state index is 0. The van der Waals surface area contributed by atoms with Crippen molar-refractivity contribution in [3.8, 4) is 0 Å². The van der Waals surface area contributed by atoms with Gasteiger partial charge in [0.15, 0.2) is 0 Å². The molecule has 0 aliphatic heterocycles. The Morgan fingerprint density at radius 1 is 1.60 bits per heavy atom. The molecule has 0 fully saturated rings. The molecule has 0 aromatic heterocycles. The molecule has 0 atom stereocenters. The van der Waals surface area contributed by atoms with Crippen molar-refractivity contribution in [1.82, 2.24) is 0 Å². The van der Waals surface area contributed by atoms with Crippen LogP contribution in [0.2, 0.25) is 0 Å². The van der Waals surface area contributed by atoms with E-state index in [4.69, 9.17) is 14.4 Å². The van der Waals surface area contributed by atoms with Crippen LogP contribution in [0.5, 0.6) is 0 Å². The van der Waals surface area contributed by atoms with Crippen LogP contribution in [0.3, 0.4) is 0 Å². The van der Waals surface area contributed by atoms with Crippen molar-refractivity contribution in [3.63, 3.8) is 0 Å². The smallest absolute Gasteiger partial charge is 0.339 e. The van der Waals surface area contributed by atoms with Gasteiger partial charge in [-0.1, -0.05) is 6.92 Å². The summed E-state index contributed by atoms with van der Waals surface area (Å²) in [6, 6.07) is 0. The van der Waals surface area contributed by atoms with Gasteiger partial charge in [0.1, 0.15) is 0 Å². The quantitative estimate of drug-likeness (QED) is 0.261. The van der Waals surface area contributed by atoms with Crippen LogP contribution in [0.1, 0.15) is 13.3 Å². The molecule has 0 aromatic carbocycles. The number of ketones is 1. The summed E-state index contributed by atoms with van der Waals surface area (Å²) >= 11 is 0. The molecule has 4 nitrogen and oxygen atoms in total. The van der Waals surface area contributed by atoms with Gasteiger partial charge in [-0.2, -0.15) is 0 Å². The van der Waals surface area contributed by atoms with Crippen molar-refractivity contribution in [3.05, 3.63) is 6.92 Å². The zero-order chi connectivity index (χ0) is 7.86. The number of rotatable bonds is 1. The average Bonchev–Trinajstić information content (AvgIpc) is 1.65. The van der Waals surface area contributed by atoms with E-state index in [1.54, 1.807) is 6.92 Å². The molecule has 0 aromatic rings. The van der Waals surface area contributed by atoms with E-state index >= 15 is 0 Å². The third-order valence-corrected chi connectivity index (χ3v) is 0.394. The minimum atomic E-state index is -2.87. The molecule has 0 heterocycles. The van der Waals surface area contributed by atoms with Gasteiger partial charge in [0, 0.05) is 4.57 Å². The van der Waals surface area contributed by atoms with Crippen molar-refractivity contribution >= 4 is 14.0 Å². The zero-order valence-electron chi connectivity index (χ0n) is 6.07. The largest absolute Gasteiger partial charge is 1.00 e. The second-order valence-electron chi connectivity index (χ2n) is 1.14. The van der Waals surface area contributed by atoms with E-state index in [9.17, 15) is 4.79 Å². The van der Waals surface area contributed by atoms with Gasteiger partial charge in [0.2, 0.25) is 0 Å². The van der Waals surface area contributed by atoms with Gasteiger partial charge in [-0.3, -0.25) is 0 Å². The zero-order valence-corrected chi connectivity index (χ0v) is 8.97. The van der Waals surface area contributed by atoms with Crippen molar-refractivity contribution in [1.29, 1.82) is 0 Å². The number of hydrogen-bond donors (Lipinski definition) is 2. The van der Waals surface area contributed by atoms with Crippen LogP contribution in [-0.2, 0) is 9.36 Å². The summed E-state index contributed by atoms with van der Waals surface area (Å²) in [6.45, 7) is 4.91. The summed E-state index contributed by atoms with van der Waals surface area (Å²) in [5, 5.41) is 0. The van der Waals surface area contributed by atoms with E-state index < -0.39 is 8.25 Å². The summed E-state index contributed by atoms with van der Waals surface area (Å²) in [5.41, 5.74) is 0. The van der Waals surface area contributed by atoms with Crippen LogP contribution in [0.15, 0.2) is 0 Å². The molecule has 54 valence electrons. The Morgan fingerprint density at radius 2 is 1.70 bits per heavy atom. The van der Waals surface area contributed by atoms with E-state index in [0.29, 0.717) is 6.42 Å². The van der Waals surface area contributed by atoms with Gasteiger partial charge in [0.05, 0.1) is 0 Å². The Labute approximate surface area is 82.9 Å². The summed E-state index contributed by atoms with van der Waals surface area (Å²) in [5.74, 6) is 0.00463. The predicted molar refractivity (Wildman–Crippen MR) is 32.7 cm³/mol. The number of hydrogen-bond acceptors (Lipinski definition) is 2. The van der Waals surface area contributed by atoms with E-state index in [1.807, 2.05) is 0 Å². The molecule has 0 saturated heterocycles. The van der Waals surface area contributed by atoms with E-state index in [1.165, 1.54) is 0 Å².